The molecule has 7 heteroatoms. The van der Waals surface area contributed by atoms with Crippen molar-refractivity contribution in [3.8, 4) is 0 Å². The Balaban J connectivity index is 0.00000204. The summed E-state index contributed by atoms with van der Waals surface area (Å²) in [6.07, 6.45) is 11.5. The lowest BCUT2D eigenvalue weighted by molar-refractivity contribution is 0.0780. The molecule has 2 amide bonds. The summed E-state index contributed by atoms with van der Waals surface area (Å²) < 4.78 is 12.4. The van der Waals surface area contributed by atoms with Gasteiger partial charge in [-0.15, -0.1) is 0 Å². The van der Waals surface area contributed by atoms with Gasteiger partial charge >= 0.3 is 0 Å². The molecule has 0 bridgehead atoms. The second kappa shape index (κ2) is 25.0. The topological polar surface area (TPSA) is 85.1 Å². The minimum atomic E-state index is -0.111. The van der Waals surface area contributed by atoms with Crippen LogP contribution in [0.5, 0.6) is 0 Å². The molecule has 346 valence electrons. The lowest BCUT2D eigenvalue weighted by Crippen LogP contribution is -2.28. The number of hydrogen-bond acceptors (Lipinski definition) is 5. The van der Waals surface area contributed by atoms with Crippen molar-refractivity contribution >= 4 is 60.6 Å². The minimum absolute atomic E-state index is 0.0878. The number of allylic oxidation sites excluding steroid dienone is 4. The number of ether oxygens (including phenoxy) is 2. The van der Waals surface area contributed by atoms with Gasteiger partial charge in [-0.2, -0.15) is 0 Å². The van der Waals surface area contributed by atoms with Gasteiger partial charge in [-0.05, 0) is 96.4 Å². The van der Waals surface area contributed by atoms with Crippen LogP contribution < -0.4 is 5.73 Å². The van der Waals surface area contributed by atoms with E-state index in [0.29, 0.717) is 56.3 Å². The van der Waals surface area contributed by atoms with Crippen LogP contribution in [0.15, 0.2) is 176 Å². The Labute approximate surface area is 398 Å². The maximum Gasteiger partial charge on any atom is 0.255 e. The minimum Gasteiger partial charge on any atom is -0.398 e. The molecular formula is C60H67N3O4. The Bertz CT molecular complexity index is 2840. The van der Waals surface area contributed by atoms with E-state index in [4.69, 9.17) is 15.2 Å². The number of nitrogen functional groups attached to an aromatic ring is 1. The van der Waals surface area contributed by atoms with Crippen LogP contribution in [-0.2, 0) is 35.8 Å². The van der Waals surface area contributed by atoms with Gasteiger partial charge in [-0.1, -0.05) is 187 Å². The van der Waals surface area contributed by atoms with Crippen molar-refractivity contribution in [1.29, 1.82) is 0 Å². The van der Waals surface area contributed by atoms with E-state index < -0.39 is 0 Å². The molecule has 0 unspecified atom stereocenters. The van der Waals surface area contributed by atoms with Crippen molar-refractivity contribution in [3.63, 3.8) is 0 Å². The summed E-state index contributed by atoms with van der Waals surface area (Å²) in [6, 6.07) is 38.0. The highest BCUT2D eigenvalue weighted by atomic mass is 16.5. The zero-order chi connectivity index (χ0) is 48.5. The van der Waals surface area contributed by atoms with Gasteiger partial charge < -0.3 is 25.0 Å². The van der Waals surface area contributed by atoms with Crippen molar-refractivity contribution in [3.05, 3.63) is 209 Å². The maximum absolute atomic E-state index is 14.5. The first-order valence-electron chi connectivity index (χ1n) is 23.3. The summed E-state index contributed by atoms with van der Waals surface area (Å²) in [6.45, 7) is 22.0. The second-order valence-corrected chi connectivity index (χ2v) is 15.8. The van der Waals surface area contributed by atoms with E-state index in [-0.39, 0.29) is 11.8 Å². The third-order valence-corrected chi connectivity index (χ3v) is 11.6. The van der Waals surface area contributed by atoms with Crippen molar-refractivity contribution in [1.82, 2.24) is 9.80 Å². The molecule has 7 aromatic carbocycles. The highest BCUT2D eigenvalue weighted by Crippen LogP contribution is 2.36. The van der Waals surface area contributed by atoms with Crippen LogP contribution in [0, 0.1) is 0 Å². The fourth-order valence-electron chi connectivity index (χ4n) is 8.46. The van der Waals surface area contributed by atoms with Crippen LogP contribution in [-0.4, -0.2) is 48.9 Å². The number of amides is 2. The van der Waals surface area contributed by atoms with Gasteiger partial charge in [0.25, 0.3) is 11.8 Å². The van der Waals surface area contributed by atoms with Gasteiger partial charge in [0.15, 0.2) is 0 Å². The van der Waals surface area contributed by atoms with E-state index in [1.54, 1.807) is 29.0 Å². The van der Waals surface area contributed by atoms with E-state index in [2.05, 4.69) is 37.4 Å². The number of nitrogens with zero attached hydrogens (tertiary/aromatic N) is 2. The first-order chi connectivity index (χ1) is 32.7. The van der Waals surface area contributed by atoms with Crippen molar-refractivity contribution in [2.45, 2.75) is 67.8 Å². The van der Waals surface area contributed by atoms with Crippen LogP contribution >= 0.6 is 0 Å². The number of carbonyl (C=O) groups excluding carboxylic acids is 2. The summed E-state index contributed by atoms with van der Waals surface area (Å²) >= 11 is 0. The van der Waals surface area contributed by atoms with E-state index in [9.17, 15) is 9.59 Å². The molecule has 2 N–H and O–H groups in total. The van der Waals surface area contributed by atoms with E-state index in [1.165, 1.54) is 0 Å². The Morgan fingerprint density at radius 2 is 0.985 bits per heavy atom. The number of carbonyl (C=O) groups is 2. The molecule has 0 saturated carbocycles. The van der Waals surface area contributed by atoms with Crippen LogP contribution in [0.2, 0.25) is 0 Å². The largest absolute Gasteiger partial charge is 0.398 e. The standard InChI is InChI=1S/C56H55N3O4.2C2H6/c1-7-19-38(9-3)34-62-36-50-42-21-11-15-25-46(42)53(47-26-16-12-22-43(47)50)55(60)58(5)32-40-29-30-41(52(57)31-40)33-59(6)56(61)54-48-27-17-13-23-44(48)51(45-24-14-18-28-49(45)54)37-63-35-39(10-4)20-8-2;2*1-2/h7-31H,2,4,32-37,57H2,1,3,5-6H3;2*1-2H3/b19-7-,38-9+,39-20+;;. The number of hydrogen-bond donors (Lipinski definition) is 1. The van der Waals surface area contributed by atoms with E-state index >= 15 is 0 Å². The molecule has 0 atom stereocenters. The zero-order valence-corrected chi connectivity index (χ0v) is 40.7. The van der Waals surface area contributed by atoms with Crippen molar-refractivity contribution in [2.24, 2.45) is 0 Å². The molecule has 67 heavy (non-hydrogen) atoms. The van der Waals surface area contributed by atoms with Gasteiger partial charge in [-0.25, -0.2) is 0 Å². The molecule has 0 saturated heterocycles. The second-order valence-electron chi connectivity index (χ2n) is 15.8. The highest BCUT2D eigenvalue weighted by Gasteiger charge is 2.24. The number of anilines is 1. The molecule has 0 aromatic heterocycles. The monoisotopic (exact) mass is 894 g/mol. The van der Waals surface area contributed by atoms with Gasteiger partial charge in [0.1, 0.15) is 0 Å². The average Bonchev–Trinajstić information content (AvgIpc) is 3.36. The highest BCUT2D eigenvalue weighted by molar-refractivity contribution is 6.20. The van der Waals surface area contributed by atoms with Gasteiger partial charge in [0.05, 0.1) is 37.6 Å². The van der Waals surface area contributed by atoms with Crippen LogP contribution in [0.25, 0.3) is 43.1 Å². The summed E-state index contributed by atoms with van der Waals surface area (Å²) in [5.74, 6) is -0.199. The molecule has 7 rings (SSSR count). The lowest BCUT2D eigenvalue weighted by Gasteiger charge is -2.23. The molecule has 0 heterocycles. The van der Waals surface area contributed by atoms with Gasteiger partial charge in [-0.3, -0.25) is 9.59 Å². The SMILES string of the molecule is C=C/C=C(\C=C)COCc1c2ccccc2c(C(=O)N(C)Cc2ccc(CN(C)C(=O)c3c4ccccc4c(COCC(/C=C\C)=C/C)c4ccccc34)cc2N)c2ccccc12.CC.CC. The molecule has 0 spiro atoms. The van der Waals surface area contributed by atoms with E-state index in [1.807, 2.05) is 164 Å². The summed E-state index contributed by atoms with van der Waals surface area (Å²) in [5.41, 5.74) is 14.4. The zero-order valence-electron chi connectivity index (χ0n) is 40.7. The summed E-state index contributed by atoms with van der Waals surface area (Å²) in [4.78, 5) is 32.5. The van der Waals surface area contributed by atoms with Crippen molar-refractivity contribution < 1.29 is 19.1 Å². The molecular weight excluding hydrogens is 827 g/mol. The molecule has 7 nitrogen and oxygen atoms in total. The van der Waals surface area contributed by atoms with E-state index in [0.717, 1.165) is 76.5 Å². The molecule has 0 aliphatic heterocycles. The van der Waals surface area contributed by atoms with Gasteiger partial charge in [0, 0.05) is 32.9 Å². The van der Waals surface area contributed by atoms with Crippen LogP contribution in [0.1, 0.15) is 84.5 Å². The predicted octanol–water partition coefficient (Wildman–Crippen LogP) is 14.3. The maximum atomic E-state index is 14.5. The summed E-state index contributed by atoms with van der Waals surface area (Å²) in [7, 11) is 3.63. The Hall–Kier alpha value is -7.06. The lowest BCUT2D eigenvalue weighted by atomic mass is 9.91. The first kappa shape index (κ1) is 50.9. The average molecular weight is 894 g/mol. The molecule has 0 fully saturated rings. The predicted molar refractivity (Wildman–Crippen MR) is 284 cm³/mol. The number of nitrogens with two attached hydrogens (primary N) is 1. The van der Waals surface area contributed by atoms with Crippen molar-refractivity contribution in [2.75, 3.05) is 33.0 Å². The number of rotatable bonds is 17. The normalized spacial score (nSPS) is 11.6. The Morgan fingerprint density at radius 1 is 0.582 bits per heavy atom. The van der Waals surface area contributed by atoms with Gasteiger partial charge in [0.2, 0.25) is 0 Å². The number of fused-ring (bicyclic) bond motifs is 4. The molecule has 0 radical (unpaired) electrons. The third kappa shape index (κ3) is 11.7. The molecule has 7 aromatic rings. The quantitative estimate of drug-likeness (QED) is 0.0559. The van der Waals surface area contributed by atoms with Crippen LogP contribution in [0.4, 0.5) is 5.69 Å². The first-order valence-corrected chi connectivity index (χ1v) is 23.3. The molecule has 0 aliphatic carbocycles. The number of benzene rings is 7. The fraction of sp³-hybridized carbons (Fsp3) is 0.233. The van der Waals surface area contributed by atoms with Crippen LogP contribution in [0.3, 0.4) is 0 Å². The Morgan fingerprint density at radius 3 is 1.36 bits per heavy atom. The Kier molecular flexibility index (Phi) is 19.0. The third-order valence-electron chi connectivity index (χ3n) is 11.6. The smallest absolute Gasteiger partial charge is 0.255 e. The fourth-order valence-corrected chi connectivity index (χ4v) is 8.46. The molecule has 0 aliphatic rings. The summed E-state index contributed by atoms with van der Waals surface area (Å²) in [5, 5.41) is 7.41.